The van der Waals surface area contributed by atoms with Gasteiger partial charge in [0, 0.05) is 16.7 Å². The number of carbonyl (C=O) groups excluding carboxylic acids is 1. The molecule has 4 rings (SSSR count). The van der Waals surface area contributed by atoms with Gasteiger partial charge in [-0.05, 0) is 50.4 Å². The van der Waals surface area contributed by atoms with E-state index in [4.69, 9.17) is 20.9 Å². The van der Waals surface area contributed by atoms with Crippen LogP contribution in [0.2, 0.25) is 0 Å². The fourth-order valence-corrected chi connectivity index (χ4v) is 3.77. The van der Waals surface area contributed by atoms with E-state index in [0.717, 1.165) is 0 Å². The molecule has 1 fully saturated rings. The highest BCUT2D eigenvalue weighted by Crippen LogP contribution is 2.51. The highest BCUT2D eigenvalue weighted by Gasteiger charge is 2.52. The van der Waals surface area contributed by atoms with Crippen LogP contribution in [0.1, 0.15) is 49.2 Å². The van der Waals surface area contributed by atoms with Crippen LogP contribution in [-0.2, 0) is 15.2 Å². The Morgan fingerprint density at radius 1 is 0.964 bits per heavy atom. The van der Waals surface area contributed by atoms with Crippen LogP contribution in [-0.4, -0.2) is 30.0 Å². The molecule has 3 nitrogen and oxygen atoms in total. The Bertz CT molecular complexity index is 972. The van der Waals surface area contributed by atoms with Gasteiger partial charge in [0.1, 0.15) is 0 Å². The van der Waals surface area contributed by atoms with E-state index in [1.165, 1.54) is 18.2 Å². The van der Waals surface area contributed by atoms with Crippen molar-refractivity contribution in [2.45, 2.75) is 44.8 Å². The zero-order chi connectivity index (χ0) is 20.5. The second kappa shape index (κ2) is 6.12. The Morgan fingerprint density at radius 3 is 2.07 bits per heavy atom. The lowest BCUT2D eigenvalue weighted by molar-refractivity contribution is 0.00578. The summed E-state index contributed by atoms with van der Waals surface area (Å²) >= 11 is 5.57. The Balaban J connectivity index is 1.76. The van der Waals surface area contributed by atoms with Gasteiger partial charge in [-0.3, -0.25) is 4.79 Å². The lowest BCUT2D eigenvalue weighted by atomic mass is 9.77. The van der Waals surface area contributed by atoms with Gasteiger partial charge in [-0.25, -0.2) is 0 Å². The highest BCUT2D eigenvalue weighted by molar-refractivity contribution is 6.62. The summed E-state index contributed by atoms with van der Waals surface area (Å²) in [5.74, 6) is -3.84. The molecule has 2 aromatic carbocycles. The predicted octanol–water partition coefficient (Wildman–Crippen LogP) is 4.53. The van der Waals surface area contributed by atoms with Crippen molar-refractivity contribution in [3.05, 3.63) is 53.1 Å². The quantitative estimate of drug-likeness (QED) is 0.428. The van der Waals surface area contributed by atoms with Crippen LogP contribution in [0.15, 0.2) is 36.4 Å². The van der Waals surface area contributed by atoms with Crippen molar-refractivity contribution in [1.29, 1.82) is 0 Å². The number of fused-ring (bicyclic) bond motifs is 3. The predicted molar refractivity (Wildman–Crippen MR) is 106 cm³/mol. The third kappa shape index (κ3) is 2.73. The lowest BCUT2D eigenvalue weighted by Gasteiger charge is -2.32. The van der Waals surface area contributed by atoms with Gasteiger partial charge in [-0.1, -0.05) is 30.3 Å². The summed E-state index contributed by atoms with van der Waals surface area (Å²) in [6, 6.07) is 9.21. The number of alkyl halides is 3. The van der Waals surface area contributed by atoms with Gasteiger partial charge in [0.05, 0.1) is 17.1 Å². The van der Waals surface area contributed by atoms with Crippen LogP contribution in [0, 0.1) is 0 Å². The number of carbonyl (C=O) groups is 1. The average molecular weight is 405 g/mol. The summed E-state index contributed by atoms with van der Waals surface area (Å²) in [4.78, 5) is 11.8. The Morgan fingerprint density at radius 2 is 1.50 bits per heavy atom. The summed E-state index contributed by atoms with van der Waals surface area (Å²) in [7, 11) is -0.719. The van der Waals surface area contributed by atoms with Crippen LogP contribution in [0.5, 0.6) is 0 Å². The minimum atomic E-state index is -3.22. The van der Waals surface area contributed by atoms with Crippen molar-refractivity contribution >= 4 is 30.0 Å². The molecule has 2 aliphatic rings. The second-order valence-electron chi connectivity index (χ2n) is 8.28. The third-order valence-corrected chi connectivity index (χ3v) is 6.24. The van der Waals surface area contributed by atoms with E-state index >= 15 is 8.78 Å². The summed E-state index contributed by atoms with van der Waals surface area (Å²) in [5, 5.41) is 0. The standard InChI is InChI=1S/C21H20BClF2O3/c1-19(2)20(3,4)28-22(27-19)13-6-8-15-14-7-5-12(18(26)11-23)9-16(14)21(24,25)17(15)10-13/h5-10H,11H2,1-4H3. The van der Waals surface area contributed by atoms with Crippen molar-refractivity contribution in [1.82, 2.24) is 0 Å². The molecule has 0 saturated carbocycles. The Hall–Kier alpha value is -1.76. The molecule has 0 radical (unpaired) electrons. The maximum Gasteiger partial charge on any atom is 0.494 e. The van der Waals surface area contributed by atoms with Crippen LogP contribution >= 0.6 is 11.6 Å². The topological polar surface area (TPSA) is 35.5 Å². The number of halogens is 3. The first-order valence-electron chi connectivity index (χ1n) is 9.10. The minimum absolute atomic E-state index is 0.106. The van der Waals surface area contributed by atoms with E-state index in [1.807, 2.05) is 27.7 Å². The van der Waals surface area contributed by atoms with E-state index in [0.29, 0.717) is 16.6 Å². The molecule has 146 valence electrons. The largest absolute Gasteiger partial charge is 0.494 e. The van der Waals surface area contributed by atoms with E-state index < -0.39 is 24.2 Å². The van der Waals surface area contributed by atoms with Crippen molar-refractivity contribution in [3.8, 4) is 11.1 Å². The number of Topliss-reactive ketones (excluding diaryl/α,β-unsaturated/α-hetero) is 1. The number of hydrogen-bond acceptors (Lipinski definition) is 3. The molecule has 0 atom stereocenters. The normalized spacial score (nSPS) is 20.8. The third-order valence-electron chi connectivity index (χ3n) is 6.00. The van der Waals surface area contributed by atoms with Crippen LogP contribution in [0.4, 0.5) is 8.78 Å². The molecule has 0 unspecified atom stereocenters. The highest BCUT2D eigenvalue weighted by atomic mass is 35.5. The van der Waals surface area contributed by atoms with E-state index in [2.05, 4.69) is 0 Å². The number of benzene rings is 2. The summed E-state index contributed by atoms with van der Waals surface area (Å²) in [5.41, 5.74) is 0.207. The molecule has 0 bridgehead atoms. The van der Waals surface area contributed by atoms with Gasteiger partial charge in [0.25, 0.3) is 5.92 Å². The summed E-state index contributed by atoms with van der Waals surface area (Å²) in [6.07, 6.45) is 0. The fourth-order valence-electron chi connectivity index (χ4n) is 3.62. The zero-order valence-electron chi connectivity index (χ0n) is 16.1. The molecule has 0 N–H and O–H groups in total. The molecule has 2 aromatic rings. The average Bonchev–Trinajstić information content (AvgIpc) is 3.00. The van der Waals surface area contributed by atoms with Gasteiger partial charge < -0.3 is 9.31 Å². The van der Waals surface area contributed by atoms with Crippen molar-refractivity contribution in [2.24, 2.45) is 0 Å². The first kappa shape index (κ1) is 19.6. The number of rotatable bonds is 3. The van der Waals surface area contributed by atoms with Gasteiger partial charge in [0.2, 0.25) is 0 Å². The van der Waals surface area contributed by atoms with E-state index in [1.54, 1.807) is 18.2 Å². The molecule has 1 aliphatic heterocycles. The molecule has 0 spiro atoms. The Kier molecular flexibility index (Phi) is 4.27. The molecule has 28 heavy (non-hydrogen) atoms. The van der Waals surface area contributed by atoms with Crippen molar-refractivity contribution < 1.29 is 22.9 Å². The molecule has 0 aromatic heterocycles. The van der Waals surface area contributed by atoms with Gasteiger partial charge in [-0.2, -0.15) is 8.78 Å². The molecule has 1 aliphatic carbocycles. The first-order valence-corrected chi connectivity index (χ1v) is 9.63. The maximum atomic E-state index is 15.2. The van der Waals surface area contributed by atoms with Crippen molar-refractivity contribution in [3.63, 3.8) is 0 Å². The van der Waals surface area contributed by atoms with E-state index in [-0.39, 0.29) is 28.4 Å². The second-order valence-corrected chi connectivity index (χ2v) is 8.55. The van der Waals surface area contributed by atoms with Gasteiger partial charge >= 0.3 is 7.12 Å². The minimum Gasteiger partial charge on any atom is -0.399 e. The van der Waals surface area contributed by atoms with E-state index in [9.17, 15) is 4.79 Å². The van der Waals surface area contributed by atoms with Crippen LogP contribution in [0.25, 0.3) is 11.1 Å². The van der Waals surface area contributed by atoms with Crippen LogP contribution in [0.3, 0.4) is 0 Å². The molecule has 1 saturated heterocycles. The summed E-state index contributed by atoms with van der Waals surface area (Å²) < 4.78 is 42.4. The van der Waals surface area contributed by atoms with Crippen LogP contribution < -0.4 is 5.46 Å². The molecule has 7 heteroatoms. The molecular formula is C21H20BClF2O3. The summed E-state index contributed by atoms with van der Waals surface area (Å²) in [6.45, 7) is 7.67. The van der Waals surface area contributed by atoms with Gasteiger partial charge in [-0.15, -0.1) is 11.6 Å². The maximum absolute atomic E-state index is 15.2. The number of ketones is 1. The van der Waals surface area contributed by atoms with Crippen molar-refractivity contribution in [2.75, 3.05) is 5.88 Å². The lowest BCUT2D eigenvalue weighted by Crippen LogP contribution is -2.41. The smallest absolute Gasteiger partial charge is 0.399 e. The molecule has 0 amide bonds. The fraction of sp³-hybridized carbons (Fsp3) is 0.381. The monoisotopic (exact) mass is 404 g/mol. The number of hydrogen-bond donors (Lipinski definition) is 0. The van der Waals surface area contributed by atoms with Gasteiger partial charge in [0.15, 0.2) is 5.78 Å². The zero-order valence-corrected chi connectivity index (χ0v) is 16.9. The first-order chi connectivity index (χ1) is 13.0. The SMILES string of the molecule is CC1(C)OB(c2ccc3c(c2)C(F)(F)c2cc(C(=O)CCl)ccc2-3)OC1(C)C. The molecular weight excluding hydrogens is 384 g/mol. The Labute approximate surface area is 168 Å². The molecule has 1 heterocycles.